The van der Waals surface area contributed by atoms with E-state index in [0.29, 0.717) is 0 Å². The second kappa shape index (κ2) is 7.55. The van der Waals surface area contributed by atoms with Crippen LogP contribution in [0.5, 0.6) is 0 Å². The lowest BCUT2D eigenvalue weighted by atomic mass is 9.80. The summed E-state index contributed by atoms with van der Waals surface area (Å²) >= 11 is 1.78. The standard InChI is InChI=1S/C20H25NS/c1-20(2,18-9-5-6-10-19(18)21-3)15-7-8-16-11-13-17(22-4)14-12-16/h5-14,21H,15H2,1-4H3/b8-7+. The molecule has 2 aromatic rings. The van der Waals surface area contributed by atoms with E-state index in [1.54, 1.807) is 11.8 Å². The molecule has 0 fully saturated rings. The summed E-state index contributed by atoms with van der Waals surface area (Å²) in [7, 11) is 1.98. The monoisotopic (exact) mass is 311 g/mol. The molecule has 116 valence electrons. The molecular weight excluding hydrogens is 286 g/mol. The summed E-state index contributed by atoms with van der Waals surface area (Å²) in [6.07, 6.45) is 7.61. The van der Waals surface area contributed by atoms with Crippen LogP contribution in [0.15, 0.2) is 59.5 Å². The fraction of sp³-hybridized carbons (Fsp3) is 0.300. The molecule has 0 saturated heterocycles. The Bertz CT molecular complexity index is 626. The van der Waals surface area contributed by atoms with Crippen LogP contribution in [0.25, 0.3) is 6.08 Å². The second-order valence-corrected chi connectivity index (χ2v) is 6.94. The van der Waals surface area contributed by atoms with Crippen LogP contribution in [-0.4, -0.2) is 13.3 Å². The van der Waals surface area contributed by atoms with Crippen molar-refractivity contribution in [3.63, 3.8) is 0 Å². The zero-order valence-corrected chi connectivity index (χ0v) is 14.7. The van der Waals surface area contributed by atoms with Gasteiger partial charge in [-0.1, -0.05) is 56.3 Å². The Kier molecular flexibility index (Phi) is 5.73. The SMILES string of the molecule is CNc1ccccc1C(C)(C)C/C=C/c1ccc(SC)cc1. The van der Waals surface area contributed by atoms with Crippen LogP contribution < -0.4 is 5.32 Å². The third kappa shape index (κ3) is 4.17. The number of hydrogen-bond donors (Lipinski definition) is 1. The molecule has 0 saturated carbocycles. The van der Waals surface area contributed by atoms with Crippen LogP contribution in [0.2, 0.25) is 0 Å². The van der Waals surface area contributed by atoms with Crippen LogP contribution in [0.1, 0.15) is 31.4 Å². The highest BCUT2D eigenvalue weighted by atomic mass is 32.2. The molecule has 2 rings (SSSR count). The number of anilines is 1. The molecule has 2 heteroatoms. The summed E-state index contributed by atoms with van der Waals surface area (Å²) < 4.78 is 0. The second-order valence-electron chi connectivity index (χ2n) is 6.06. The van der Waals surface area contributed by atoms with Crippen molar-refractivity contribution in [2.75, 3.05) is 18.6 Å². The van der Waals surface area contributed by atoms with Crippen molar-refractivity contribution in [2.24, 2.45) is 0 Å². The molecule has 1 nitrogen and oxygen atoms in total. The normalized spacial score (nSPS) is 11.8. The first-order valence-corrected chi connectivity index (χ1v) is 8.87. The zero-order valence-electron chi connectivity index (χ0n) is 13.9. The van der Waals surface area contributed by atoms with Crippen molar-refractivity contribution in [3.8, 4) is 0 Å². The van der Waals surface area contributed by atoms with E-state index in [4.69, 9.17) is 0 Å². The third-order valence-electron chi connectivity index (χ3n) is 3.98. The minimum absolute atomic E-state index is 0.106. The molecule has 0 aromatic heterocycles. The number of rotatable bonds is 6. The van der Waals surface area contributed by atoms with Gasteiger partial charge in [-0.15, -0.1) is 11.8 Å². The van der Waals surface area contributed by atoms with Crippen LogP contribution in [0.4, 0.5) is 5.69 Å². The average molecular weight is 311 g/mol. The maximum Gasteiger partial charge on any atom is 0.0375 e. The molecule has 0 aliphatic heterocycles. The molecule has 2 aromatic carbocycles. The quantitative estimate of drug-likeness (QED) is 0.673. The summed E-state index contributed by atoms with van der Waals surface area (Å²) in [5.74, 6) is 0. The van der Waals surface area contributed by atoms with Gasteiger partial charge in [0, 0.05) is 17.6 Å². The third-order valence-corrected chi connectivity index (χ3v) is 4.72. The molecule has 0 aliphatic carbocycles. The van der Waals surface area contributed by atoms with Gasteiger partial charge in [-0.2, -0.15) is 0 Å². The zero-order chi connectivity index (χ0) is 16.0. The van der Waals surface area contributed by atoms with E-state index in [0.717, 1.165) is 6.42 Å². The van der Waals surface area contributed by atoms with Crippen molar-refractivity contribution in [3.05, 3.63) is 65.7 Å². The van der Waals surface area contributed by atoms with Crippen molar-refractivity contribution in [1.29, 1.82) is 0 Å². The fourth-order valence-corrected chi connectivity index (χ4v) is 3.01. The van der Waals surface area contributed by atoms with E-state index in [1.807, 2.05) is 7.05 Å². The van der Waals surface area contributed by atoms with Crippen LogP contribution in [0, 0.1) is 0 Å². The predicted octanol–water partition coefficient (Wildman–Crippen LogP) is 5.83. The molecule has 0 unspecified atom stereocenters. The Morgan fingerprint density at radius 2 is 1.73 bits per heavy atom. The molecule has 0 aliphatic rings. The summed E-state index contributed by atoms with van der Waals surface area (Å²) in [5, 5.41) is 3.30. The summed E-state index contributed by atoms with van der Waals surface area (Å²) in [6.45, 7) is 4.59. The molecule has 0 bridgehead atoms. The Labute approximate surface area is 138 Å². The van der Waals surface area contributed by atoms with Gasteiger partial charge in [0.2, 0.25) is 0 Å². The number of hydrogen-bond acceptors (Lipinski definition) is 2. The van der Waals surface area contributed by atoms with Gasteiger partial charge in [0.15, 0.2) is 0 Å². The first-order chi connectivity index (χ1) is 10.6. The van der Waals surface area contributed by atoms with Crippen molar-refractivity contribution in [2.45, 2.75) is 30.6 Å². The predicted molar refractivity (Wildman–Crippen MR) is 101 cm³/mol. The number of allylic oxidation sites excluding steroid dienone is 1. The van der Waals surface area contributed by atoms with Gasteiger partial charge in [0.1, 0.15) is 0 Å². The molecule has 0 spiro atoms. The molecule has 0 amide bonds. The average Bonchev–Trinajstić information content (AvgIpc) is 2.55. The Morgan fingerprint density at radius 1 is 1.05 bits per heavy atom. The largest absolute Gasteiger partial charge is 0.388 e. The van der Waals surface area contributed by atoms with Crippen molar-refractivity contribution in [1.82, 2.24) is 0 Å². The highest BCUT2D eigenvalue weighted by Crippen LogP contribution is 2.33. The van der Waals surface area contributed by atoms with Gasteiger partial charge in [-0.3, -0.25) is 0 Å². The summed E-state index contributed by atoms with van der Waals surface area (Å²) in [5.41, 5.74) is 3.94. The van der Waals surface area contributed by atoms with Crippen LogP contribution >= 0.6 is 11.8 Å². The maximum atomic E-state index is 3.30. The van der Waals surface area contributed by atoms with Crippen LogP contribution in [-0.2, 0) is 5.41 Å². The molecule has 22 heavy (non-hydrogen) atoms. The smallest absolute Gasteiger partial charge is 0.0375 e. The van der Waals surface area contributed by atoms with E-state index in [1.165, 1.54) is 21.7 Å². The minimum atomic E-state index is 0.106. The Balaban J connectivity index is 2.09. The van der Waals surface area contributed by atoms with Gasteiger partial charge in [-0.25, -0.2) is 0 Å². The molecule has 0 atom stereocenters. The van der Waals surface area contributed by atoms with Gasteiger partial charge in [0.25, 0.3) is 0 Å². The van der Waals surface area contributed by atoms with Crippen molar-refractivity contribution < 1.29 is 0 Å². The summed E-state index contributed by atoms with van der Waals surface area (Å²) in [6, 6.07) is 17.2. The number of nitrogens with one attached hydrogen (secondary N) is 1. The van der Waals surface area contributed by atoms with Crippen molar-refractivity contribution >= 4 is 23.5 Å². The van der Waals surface area contributed by atoms with E-state index < -0.39 is 0 Å². The highest BCUT2D eigenvalue weighted by molar-refractivity contribution is 7.98. The molecular formula is C20H25NS. The van der Waals surface area contributed by atoms with Crippen LogP contribution in [0.3, 0.4) is 0 Å². The molecule has 1 N–H and O–H groups in total. The summed E-state index contributed by atoms with van der Waals surface area (Å²) in [4.78, 5) is 1.31. The Morgan fingerprint density at radius 3 is 2.36 bits per heavy atom. The first kappa shape index (κ1) is 16.7. The topological polar surface area (TPSA) is 12.0 Å². The Hall–Kier alpha value is -1.67. The molecule has 0 radical (unpaired) electrons. The van der Waals surface area contributed by atoms with E-state index in [-0.39, 0.29) is 5.41 Å². The van der Waals surface area contributed by atoms with E-state index in [9.17, 15) is 0 Å². The fourth-order valence-electron chi connectivity index (χ4n) is 2.61. The number of para-hydroxylation sites is 1. The lowest BCUT2D eigenvalue weighted by molar-refractivity contribution is 0.536. The van der Waals surface area contributed by atoms with E-state index in [2.05, 4.69) is 86.1 Å². The lowest BCUT2D eigenvalue weighted by Gasteiger charge is -2.26. The highest BCUT2D eigenvalue weighted by Gasteiger charge is 2.21. The van der Waals surface area contributed by atoms with E-state index >= 15 is 0 Å². The molecule has 0 heterocycles. The number of benzene rings is 2. The van der Waals surface area contributed by atoms with Gasteiger partial charge in [-0.05, 0) is 47.4 Å². The van der Waals surface area contributed by atoms with Gasteiger partial charge < -0.3 is 5.32 Å². The number of thioether (sulfide) groups is 1. The maximum absolute atomic E-state index is 3.30. The minimum Gasteiger partial charge on any atom is -0.388 e. The lowest BCUT2D eigenvalue weighted by Crippen LogP contribution is -2.17. The van der Waals surface area contributed by atoms with Gasteiger partial charge in [0.05, 0.1) is 0 Å². The first-order valence-electron chi connectivity index (χ1n) is 7.64. The van der Waals surface area contributed by atoms with Gasteiger partial charge >= 0.3 is 0 Å².